The summed E-state index contributed by atoms with van der Waals surface area (Å²) in [4.78, 5) is 24.8. The Hall–Kier alpha value is -2.61. The van der Waals surface area contributed by atoms with E-state index in [1.807, 2.05) is 0 Å². The third kappa shape index (κ3) is 6.25. The van der Waals surface area contributed by atoms with E-state index in [1.54, 1.807) is 0 Å². The number of amides is 2. The number of hydrogen-bond donors (Lipinski definition) is 0. The van der Waals surface area contributed by atoms with Gasteiger partial charge in [-0.2, -0.15) is 13.2 Å². The average molecular weight is 562 g/mol. The van der Waals surface area contributed by atoms with Crippen LogP contribution >= 0.6 is 15.9 Å². The lowest BCUT2D eigenvalue weighted by atomic mass is 10.1. The topological polar surface area (TPSA) is 80.8 Å². The minimum atomic E-state index is -5.01. The summed E-state index contributed by atoms with van der Waals surface area (Å²) < 4.78 is 105. The lowest BCUT2D eigenvalue weighted by molar-refractivity contribution is -0.274. The zero-order valence-corrected chi connectivity index (χ0v) is 19.1. The van der Waals surface area contributed by atoms with Crippen LogP contribution in [0.3, 0.4) is 0 Å². The number of ether oxygens (including phenoxy) is 1. The number of rotatable bonds is 5. The first-order chi connectivity index (χ1) is 15.0. The van der Waals surface area contributed by atoms with Crippen molar-refractivity contribution < 1.29 is 49.1 Å². The number of anilines is 1. The fourth-order valence-electron chi connectivity index (χ4n) is 2.70. The Morgan fingerprint density at radius 2 is 1.64 bits per heavy atom. The number of nitrogens with zero attached hydrogens (tertiary/aromatic N) is 1. The minimum Gasteiger partial charge on any atom is -0.406 e. The quantitative estimate of drug-likeness (QED) is 0.459. The van der Waals surface area contributed by atoms with Crippen LogP contribution in [0.25, 0.3) is 0 Å². The molecule has 0 aliphatic rings. The van der Waals surface area contributed by atoms with Crippen molar-refractivity contribution in [3.05, 3.63) is 52.0 Å². The van der Waals surface area contributed by atoms with Gasteiger partial charge in [0.2, 0.25) is 5.91 Å². The molecule has 0 aliphatic carbocycles. The number of hydrogen-bond acceptors (Lipinski definition) is 5. The van der Waals surface area contributed by atoms with Crippen LogP contribution in [0.5, 0.6) is 5.75 Å². The smallest absolute Gasteiger partial charge is 0.406 e. The van der Waals surface area contributed by atoms with E-state index >= 15 is 0 Å². The molecule has 0 aromatic heterocycles. The SMILES string of the molecule is CCS(=O)(=O)c1cc(C(F)(F)F)ccc1C(=O)N(C(C)=O)c1ccc(OC(F)(F)F)cc1Br. The van der Waals surface area contributed by atoms with Crippen molar-refractivity contribution in [2.45, 2.75) is 31.3 Å². The molecule has 180 valence electrons. The van der Waals surface area contributed by atoms with Gasteiger partial charge in [0.1, 0.15) is 5.75 Å². The number of alkyl halides is 6. The monoisotopic (exact) mass is 561 g/mol. The Labute approximate surface area is 192 Å². The van der Waals surface area contributed by atoms with Crippen LogP contribution in [-0.4, -0.2) is 32.3 Å². The Bertz CT molecular complexity index is 1190. The molecule has 2 amide bonds. The van der Waals surface area contributed by atoms with Gasteiger partial charge in [-0.15, -0.1) is 13.2 Å². The van der Waals surface area contributed by atoms with Gasteiger partial charge < -0.3 is 4.74 Å². The van der Waals surface area contributed by atoms with Gasteiger partial charge in [-0.3, -0.25) is 9.59 Å². The lowest BCUT2D eigenvalue weighted by Gasteiger charge is -2.23. The van der Waals surface area contributed by atoms with E-state index in [4.69, 9.17) is 0 Å². The largest absolute Gasteiger partial charge is 0.573 e. The van der Waals surface area contributed by atoms with Crippen molar-refractivity contribution in [2.24, 2.45) is 0 Å². The summed E-state index contributed by atoms with van der Waals surface area (Å²) in [5.74, 6) is -3.60. The number of carbonyl (C=O) groups is 2. The zero-order chi connectivity index (χ0) is 25.4. The minimum absolute atomic E-state index is 0.209. The highest BCUT2D eigenvalue weighted by atomic mass is 79.9. The van der Waals surface area contributed by atoms with E-state index in [0.717, 1.165) is 32.0 Å². The van der Waals surface area contributed by atoms with Crippen molar-refractivity contribution in [1.29, 1.82) is 0 Å². The van der Waals surface area contributed by atoms with E-state index < -0.39 is 61.7 Å². The molecular weight excluding hydrogens is 548 g/mol. The Balaban J connectivity index is 2.65. The summed E-state index contributed by atoms with van der Waals surface area (Å²) in [5.41, 5.74) is -2.33. The maximum Gasteiger partial charge on any atom is 0.573 e. The van der Waals surface area contributed by atoms with Gasteiger partial charge in [0.15, 0.2) is 9.84 Å². The van der Waals surface area contributed by atoms with Gasteiger partial charge in [-0.05, 0) is 52.3 Å². The zero-order valence-electron chi connectivity index (χ0n) is 16.7. The number of carbonyl (C=O) groups excluding carboxylic acids is 2. The highest BCUT2D eigenvalue weighted by Gasteiger charge is 2.36. The summed E-state index contributed by atoms with van der Waals surface area (Å²) in [5, 5.41) is 0. The first-order valence-corrected chi connectivity index (χ1v) is 11.3. The molecule has 0 bridgehead atoms. The number of sulfone groups is 1. The second-order valence-electron chi connectivity index (χ2n) is 6.43. The van der Waals surface area contributed by atoms with Crippen LogP contribution in [0.15, 0.2) is 45.8 Å². The van der Waals surface area contributed by atoms with Gasteiger partial charge in [0.05, 0.1) is 27.5 Å². The Morgan fingerprint density at radius 1 is 1.03 bits per heavy atom. The summed E-state index contributed by atoms with van der Waals surface area (Å²) in [6.45, 7) is 2.06. The summed E-state index contributed by atoms with van der Waals surface area (Å²) in [6, 6.07) is 3.92. The Morgan fingerprint density at radius 3 is 2.09 bits per heavy atom. The molecule has 6 nitrogen and oxygen atoms in total. The molecule has 0 radical (unpaired) electrons. The normalized spacial score (nSPS) is 12.4. The fraction of sp³-hybridized carbons (Fsp3) is 0.263. The number of halogens is 7. The first kappa shape index (κ1) is 26.6. The third-order valence-corrected chi connectivity index (χ3v) is 6.57. The van der Waals surface area contributed by atoms with Crippen LogP contribution in [0.4, 0.5) is 32.0 Å². The van der Waals surface area contributed by atoms with Gasteiger partial charge in [0, 0.05) is 11.4 Å². The predicted molar refractivity (Wildman–Crippen MR) is 107 cm³/mol. The van der Waals surface area contributed by atoms with Crippen molar-refractivity contribution in [3.8, 4) is 5.75 Å². The summed E-state index contributed by atoms with van der Waals surface area (Å²) in [7, 11) is -4.35. The molecule has 0 fully saturated rings. The van der Waals surface area contributed by atoms with Crippen LogP contribution in [0, 0.1) is 0 Å². The van der Waals surface area contributed by atoms with E-state index in [9.17, 15) is 44.3 Å². The predicted octanol–water partition coefficient (Wildman–Crippen LogP) is 5.35. The highest BCUT2D eigenvalue weighted by Crippen LogP contribution is 2.36. The first-order valence-electron chi connectivity index (χ1n) is 8.82. The van der Waals surface area contributed by atoms with Gasteiger partial charge in [-0.1, -0.05) is 6.92 Å². The highest BCUT2D eigenvalue weighted by molar-refractivity contribution is 9.10. The van der Waals surface area contributed by atoms with Crippen molar-refractivity contribution in [1.82, 2.24) is 0 Å². The number of imide groups is 1. The van der Waals surface area contributed by atoms with Gasteiger partial charge >= 0.3 is 12.5 Å². The molecule has 0 aliphatic heterocycles. The van der Waals surface area contributed by atoms with Crippen LogP contribution < -0.4 is 9.64 Å². The van der Waals surface area contributed by atoms with E-state index in [0.29, 0.717) is 23.1 Å². The summed E-state index contributed by atoms with van der Waals surface area (Å²) in [6.07, 6.45) is -9.92. The molecule has 0 spiro atoms. The maximum atomic E-state index is 13.1. The second-order valence-corrected chi connectivity index (χ2v) is 9.53. The molecule has 14 heteroatoms. The van der Waals surface area contributed by atoms with Crippen LogP contribution in [0.2, 0.25) is 0 Å². The van der Waals surface area contributed by atoms with Crippen LogP contribution in [-0.2, 0) is 20.8 Å². The Kier molecular flexibility index (Phi) is 7.53. The molecule has 0 saturated carbocycles. The van der Waals surface area contributed by atoms with E-state index in [2.05, 4.69) is 20.7 Å². The maximum absolute atomic E-state index is 13.1. The van der Waals surface area contributed by atoms with Gasteiger partial charge in [-0.25, -0.2) is 13.3 Å². The number of benzene rings is 2. The van der Waals surface area contributed by atoms with E-state index in [-0.39, 0.29) is 10.2 Å². The lowest BCUT2D eigenvalue weighted by Crippen LogP contribution is -2.36. The standard InChI is InChI=1S/C19H14BrF6NO5S/c1-3-33(30,31)16-8-11(18(21,22)23)4-6-13(16)17(29)27(10(2)28)15-7-5-12(9-14(15)20)32-19(24,25)26/h4-9H,3H2,1-2H3. The van der Waals surface area contributed by atoms with Crippen molar-refractivity contribution in [2.75, 3.05) is 10.7 Å². The average Bonchev–Trinajstić information content (AvgIpc) is 2.67. The molecule has 2 aromatic rings. The molecule has 0 heterocycles. The summed E-state index contributed by atoms with van der Waals surface area (Å²) >= 11 is 2.91. The van der Waals surface area contributed by atoms with Crippen molar-refractivity contribution in [3.63, 3.8) is 0 Å². The van der Waals surface area contributed by atoms with Gasteiger partial charge in [0.25, 0.3) is 5.91 Å². The molecule has 0 N–H and O–H groups in total. The molecule has 2 rings (SSSR count). The van der Waals surface area contributed by atoms with Crippen molar-refractivity contribution >= 4 is 43.3 Å². The molecule has 0 saturated heterocycles. The molecular formula is C19H14BrF6NO5S. The molecule has 0 atom stereocenters. The van der Waals surface area contributed by atoms with Crippen LogP contribution in [0.1, 0.15) is 29.8 Å². The molecule has 33 heavy (non-hydrogen) atoms. The molecule has 0 unspecified atom stereocenters. The fourth-order valence-corrected chi connectivity index (χ4v) is 4.34. The van der Waals surface area contributed by atoms with E-state index in [1.165, 1.54) is 0 Å². The third-order valence-electron chi connectivity index (χ3n) is 4.17. The molecule has 2 aromatic carbocycles. The second kappa shape index (κ2) is 9.33.